The SMILES string of the molecule is O=S(=O)(Nc1ccc(S(=O)(=O)Nc2ccccc2C(F)(F)F)cc1)c1cccc(C(F)(F)F)c1. The minimum absolute atomic E-state index is 0.188. The van der Waals surface area contributed by atoms with Crippen molar-refractivity contribution in [2.75, 3.05) is 9.44 Å². The minimum atomic E-state index is -4.81. The molecule has 0 atom stereocenters. The highest BCUT2D eigenvalue weighted by molar-refractivity contribution is 7.93. The van der Waals surface area contributed by atoms with Gasteiger partial charge in [0, 0.05) is 5.69 Å². The highest BCUT2D eigenvalue weighted by Crippen LogP contribution is 2.35. The standard InChI is InChI=1S/C20H14F6N2O4S2/c21-19(22,23)13-4-3-5-16(12-13)34(31,32)27-14-8-10-15(11-9-14)33(29,30)28-18-7-2-1-6-17(18)20(24,25)26/h1-12,27-28H. The van der Waals surface area contributed by atoms with Crippen LogP contribution in [0.15, 0.2) is 82.6 Å². The molecule has 0 aliphatic heterocycles. The molecule has 0 aliphatic carbocycles. The van der Waals surface area contributed by atoms with Gasteiger partial charge in [-0.2, -0.15) is 26.3 Å². The molecule has 0 amide bonds. The third-order valence-electron chi connectivity index (χ3n) is 4.37. The van der Waals surface area contributed by atoms with E-state index in [1.807, 2.05) is 9.44 Å². The monoisotopic (exact) mass is 524 g/mol. The van der Waals surface area contributed by atoms with E-state index in [9.17, 15) is 43.2 Å². The van der Waals surface area contributed by atoms with Crippen LogP contribution in [0.1, 0.15) is 11.1 Å². The van der Waals surface area contributed by atoms with Gasteiger partial charge in [0.05, 0.1) is 26.6 Å². The molecule has 14 heteroatoms. The van der Waals surface area contributed by atoms with Crippen LogP contribution in [0.4, 0.5) is 37.7 Å². The molecule has 3 rings (SSSR count). The summed E-state index contributed by atoms with van der Waals surface area (Å²) >= 11 is 0. The van der Waals surface area contributed by atoms with Gasteiger partial charge in [0.1, 0.15) is 0 Å². The molecule has 3 aromatic rings. The summed E-state index contributed by atoms with van der Waals surface area (Å²) in [5.74, 6) is 0. The fourth-order valence-electron chi connectivity index (χ4n) is 2.78. The molecule has 0 aliphatic rings. The van der Waals surface area contributed by atoms with Crippen LogP contribution in [0, 0.1) is 0 Å². The summed E-state index contributed by atoms with van der Waals surface area (Å²) in [4.78, 5) is -1.16. The topological polar surface area (TPSA) is 92.3 Å². The maximum Gasteiger partial charge on any atom is 0.418 e. The minimum Gasteiger partial charge on any atom is -0.280 e. The van der Waals surface area contributed by atoms with Crippen molar-refractivity contribution in [3.63, 3.8) is 0 Å². The number of para-hydroxylation sites is 1. The van der Waals surface area contributed by atoms with E-state index in [-0.39, 0.29) is 5.69 Å². The van der Waals surface area contributed by atoms with E-state index < -0.39 is 59.0 Å². The molecule has 0 heterocycles. The number of hydrogen-bond acceptors (Lipinski definition) is 4. The first-order chi connectivity index (χ1) is 15.6. The number of halogens is 6. The molecular formula is C20H14F6N2O4S2. The van der Waals surface area contributed by atoms with Crippen LogP contribution < -0.4 is 9.44 Å². The van der Waals surface area contributed by atoms with Gasteiger partial charge in [0.15, 0.2) is 0 Å². The Hall–Kier alpha value is -3.26. The van der Waals surface area contributed by atoms with Gasteiger partial charge in [-0.05, 0) is 54.6 Å². The predicted octanol–water partition coefficient (Wildman–Crippen LogP) is 5.33. The Bertz CT molecular complexity index is 1400. The molecule has 0 saturated heterocycles. The zero-order valence-corrected chi connectivity index (χ0v) is 18.3. The Balaban J connectivity index is 1.83. The second-order valence-electron chi connectivity index (χ2n) is 6.80. The van der Waals surface area contributed by atoms with Gasteiger partial charge in [-0.25, -0.2) is 16.8 Å². The quantitative estimate of drug-likeness (QED) is 0.427. The van der Waals surface area contributed by atoms with Crippen molar-refractivity contribution in [1.82, 2.24) is 0 Å². The summed E-state index contributed by atoms with van der Waals surface area (Å²) in [6.45, 7) is 0. The van der Waals surface area contributed by atoms with Gasteiger partial charge in [-0.3, -0.25) is 9.44 Å². The van der Waals surface area contributed by atoms with E-state index in [1.54, 1.807) is 0 Å². The van der Waals surface area contributed by atoms with Crippen molar-refractivity contribution >= 4 is 31.4 Å². The third kappa shape index (κ3) is 5.80. The Morgan fingerprint density at radius 3 is 1.76 bits per heavy atom. The van der Waals surface area contributed by atoms with Crippen LogP contribution in [0.2, 0.25) is 0 Å². The third-order valence-corrected chi connectivity index (χ3v) is 7.13. The Kier molecular flexibility index (Phi) is 6.59. The van der Waals surface area contributed by atoms with Crippen LogP contribution in [0.5, 0.6) is 0 Å². The van der Waals surface area contributed by atoms with E-state index in [0.717, 1.165) is 48.5 Å². The molecule has 0 aromatic heterocycles. The van der Waals surface area contributed by atoms with Crippen molar-refractivity contribution in [3.8, 4) is 0 Å². The molecular weight excluding hydrogens is 510 g/mol. The molecule has 6 nitrogen and oxygen atoms in total. The molecule has 0 unspecified atom stereocenters. The molecule has 0 radical (unpaired) electrons. The second-order valence-corrected chi connectivity index (χ2v) is 10.2. The van der Waals surface area contributed by atoms with Crippen molar-refractivity contribution in [3.05, 3.63) is 83.9 Å². The van der Waals surface area contributed by atoms with Gasteiger partial charge in [-0.15, -0.1) is 0 Å². The summed E-state index contributed by atoms with van der Waals surface area (Å²) in [5.41, 5.74) is -3.28. The van der Waals surface area contributed by atoms with Gasteiger partial charge in [0.25, 0.3) is 20.0 Å². The van der Waals surface area contributed by atoms with Gasteiger partial charge < -0.3 is 0 Å². The van der Waals surface area contributed by atoms with E-state index in [2.05, 4.69) is 0 Å². The lowest BCUT2D eigenvalue weighted by molar-refractivity contribution is -0.138. The highest BCUT2D eigenvalue weighted by Gasteiger charge is 2.34. The Labute approximate surface area is 190 Å². The lowest BCUT2D eigenvalue weighted by Crippen LogP contribution is -2.17. The molecule has 0 spiro atoms. The van der Waals surface area contributed by atoms with Crippen molar-refractivity contribution in [2.45, 2.75) is 22.1 Å². The number of sulfonamides is 2. The van der Waals surface area contributed by atoms with E-state index in [4.69, 9.17) is 0 Å². The van der Waals surface area contributed by atoms with Crippen molar-refractivity contribution in [1.29, 1.82) is 0 Å². The second kappa shape index (κ2) is 8.83. The molecule has 3 aromatic carbocycles. The maximum absolute atomic E-state index is 13.1. The van der Waals surface area contributed by atoms with Crippen LogP contribution in [-0.4, -0.2) is 16.8 Å². The fraction of sp³-hybridized carbons (Fsp3) is 0.100. The van der Waals surface area contributed by atoms with Gasteiger partial charge in [-0.1, -0.05) is 18.2 Å². The van der Waals surface area contributed by atoms with Gasteiger partial charge >= 0.3 is 12.4 Å². The molecule has 0 saturated carbocycles. The number of alkyl halides is 6. The first-order valence-corrected chi connectivity index (χ1v) is 12.1. The van der Waals surface area contributed by atoms with E-state index >= 15 is 0 Å². The summed E-state index contributed by atoms with van der Waals surface area (Å²) in [5, 5.41) is 0. The van der Waals surface area contributed by atoms with Crippen LogP contribution in [0.25, 0.3) is 0 Å². The van der Waals surface area contributed by atoms with Crippen LogP contribution >= 0.6 is 0 Å². The zero-order valence-electron chi connectivity index (χ0n) is 16.6. The smallest absolute Gasteiger partial charge is 0.280 e. The largest absolute Gasteiger partial charge is 0.418 e. The molecule has 182 valence electrons. The van der Waals surface area contributed by atoms with Crippen molar-refractivity contribution < 1.29 is 43.2 Å². The van der Waals surface area contributed by atoms with E-state index in [0.29, 0.717) is 18.2 Å². The summed E-state index contributed by atoms with van der Waals surface area (Å²) in [6.07, 6.45) is -9.58. The number of hydrogen-bond donors (Lipinski definition) is 2. The molecule has 0 fully saturated rings. The predicted molar refractivity (Wildman–Crippen MR) is 111 cm³/mol. The Morgan fingerprint density at radius 1 is 0.588 bits per heavy atom. The molecule has 0 bridgehead atoms. The summed E-state index contributed by atoms with van der Waals surface area (Å²) in [6, 6.07) is 10.7. The molecule has 34 heavy (non-hydrogen) atoms. The zero-order chi connectivity index (χ0) is 25.4. The van der Waals surface area contributed by atoms with Crippen molar-refractivity contribution in [2.24, 2.45) is 0 Å². The summed E-state index contributed by atoms with van der Waals surface area (Å²) < 4.78 is 132. The van der Waals surface area contributed by atoms with Crippen LogP contribution in [-0.2, 0) is 32.4 Å². The van der Waals surface area contributed by atoms with Gasteiger partial charge in [0.2, 0.25) is 0 Å². The molecule has 2 N–H and O–H groups in total. The number of nitrogens with one attached hydrogen (secondary N) is 2. The number of rotatable bonds is 6. The highest BCUT2D eigenvalue weighted by atomic mass is 32.2. The average Bonchev–Trinajstić information content (AvgIpc) is 2.73. The first-order valence-electron chi connectivity index (χ1n) is 9.09. The lowest BCUT2D eigenvalue weighted by atomic mass is 10.2. The normalized spacial score (nSPS) is 12.9. The Morgan fingerprint density at radius 2 is 1.18 bits per heavy atom. The maximum atomic E-state index is 13.1. The lowest BCUT2D eigenvalue weighted by Gasteiger charge is -2.15. The number of anilines is 2. The number of benzene rings is 3. The average molecular weight is 524 g/mol. The van der Waals surface area contributed by atoms with Crippen LogP contribution in [0.3, 0.4) is 0 Å². The van der Waals surface area contributed by atoms with E-state index in [1.165, 1.54) is 6.07 Å². The summed E-state index contributed by atoms with van der Waals surface area (Å²) in [7, 11) is -8.94. The first kappa shape index (κ1) is 25.4. The fourth-order valence-corrected chi connectivity index (χ4v) is 4.96.